The number of benzene rings is 1. The molecule has 1 aliphatic heterocycles. The predicted molar refractivity (Wildman–Crippen MR) is 64.6 cm³/mol. The van der Waals surface area contributed by atoms with E-state index >= 15 is 0 Å². The van der Waals surface area contributed by atoms with Gasteiger partial charge in [-0.15, -0.1) is 0 Å². The van der Waals surface area contributed by atoms with Gasteiger partial charge in [0.05, 0.1) is 10.6 Å². The van der Waals surface area contributed by atoms with Crippen LogP contribution in [0, 0.1) is 5.82 Å². The minimum Gasteiger partial charge on any atom is -0.378 e. The molecular weight excluding hydrogens is 273 g/mol. The third kappa shape index (κ3) is 2.81. The highest BCUT2D eigenvalue weighted by Gasteiger charge is 2.19. The Balaban J connectivity index is 2.02. The molecular formula is C12H15BrFNO. The third-order valence-corrected chi connectivity index (χ3v) is 3.52. The van der Waals surface area contributed by atoms with E-state index in [4.69, 9.17) is 10.5 Å². The van der Waals surface area contributed by atoms with E-state index in [2.05, 4.69) is 15.9 Å². The van der Waals surface area contributed by atoms with Crippen molar-refractivity contribution in [3.63, 3.8) is 0 Å². The Morgan fingerprint density at radius 1 is 1.56 bits per heavy atom. The van der Waals surface area contributed by atoms with Gasteiger partial charge in [-0.25, -0.2) is 4.39 Å². The van der Waals surface area contributed by atoms with E-state index in [1.807, 2.05) is 0 Å². The molecule has 0 aromatic heterocycles. The molecule has 2 N–H and O–H groups in total. The first-order valence-corrected chi connectivity index (χ1v) is 6.28. The van der Waals surface area contributed by atoms with Gasteiger partial charge in [0.15, 0.2) is 0 Å². The number of ether oxygens (including phenoxy) is 1. The van der Waals surface area contributed by atoms with Gasteiger partial charge in [-0.3, -0.25) is 0 Å². The Kier molecular flexibility index (Phi) is 3.95. The summed E-state index contributed by atoms with van der Waals surface area (Å²) in [4.78, 5) is 0. The first-order chi connectivity index (χ1) is 7.66. The summed E-state index contributed by atoms with van der Waals surface area (Å²) in [5.41, 5.74) is 7.02. The highest BCUT2D eigenvalue weighted by Crippen LogP contribution is 2.26. The maximum absolute atomic E-state index is 13.1. The third-order valence-electron chi connectivity index (χ3n) is 2.91. The Morgan fingerprint density at radius 2 is 2.38 bits per heavy atom. The van der Waals surface area contributed by atoms with Crippen molar-refractivity contribution >= 4 is 15.9 Å². The molecule has 88 valence electrons. The van der Waals surface area contributed by atoms with Crippen molar-refractivity contribution in [3.05, 3.63) is 34.1 Å². The molecule has 2 rings (SSSR count). The van der Waals surface area contributed by atoms with E-state index in [-0.39, 0.29) is 18.0 Å². The van der Waals surface area contributed by atoms with Gasteiger partial charge in [-0.05, 0) is 52.9 Å². The van der Waals surface area contributed by atoms with Crippen LogP contribution in [-0.2, 0) is 4.74 Å². The van der Waals surface area contributed by atoms with Crippen LogP contribution in [0.1, 0.15) is 30.9 Å². The van der Waals surface area contributed by atoms with Crippen LogP contribution in [0.5, 0.6) is 0 Å². The molecule has 1 aromatic carbocycles. The van der Waals surface area contributed by atoms with Crippen LogP contribution >= 0.6 is 15.9 Å². The van der Waals surface area contributed by atoms with E-state index in [0.717, 1.165) is 31.4 Å². The molecule has 2 nitrogen and oxygen atoms in total. The zero-order valence-corrected chi connectivity index (χ0v) is 10.5. The molecule has 4 heteroatoms. The van der Waals surface area contributed by atoms with Gasteiger partial charge in [-0.2, -0.15) is 0 Å². The zero-order chi connectivity index (χ0) is 11.5. The lowest BCUT2D eigenvalue weighted by Gasteiger charge is -2.16. The van der Waals surface area contributed by atoms with Crippen molar-refractivity contribution in [3.8, 4) is 0 Å². The lowest BCUT2D eigenvalue weighted by atomic mass is 10.0. The van der Waals surface area contributed by atoms with Gasteiger partial charge in [0.2, 0.25) is 0 Å². The molecule has 0 spiro atoms. The summed E-state index contributed by atoms with van der Waals surface area (Å²) in [6.07, 6.45) is 3.26. The summed E-state index contributed by atoms with van der Waals surface area (Å²) in [6.45, 7) is 0.838. The van der Waals surface area contributed by atoms with E-state index in [9.17, 15) is 4.39 Å². The predicted octanol–water partition coefficient (Wildman–Crippen LogP) is 3.16. The monoisotopic (exact) mass is 287 g/mol. The maximum Gasteiger partial charge on any atom is 0.137 e. The number of hydrogen-bond acceptors (Lipinski definition) is 2. The van der Waals surface area contributed by atoms with Gasteiger partial charge < -0.3 is 10.5 Å². The molecule has 0 amide bonds. The molecule has 16 heavy (non-hydrogen) atoms. The van der Waals surface area contributed by atoms with Crippen LogP contribution in [0.2, 0.25) is 0 Å². The van der Waals surface area contributed by atoms with Crippen LogP contribution in [0.3, 0.4) is 0 Å². The fourth-order valence-corrected chi connectivity index (χ4v) is 2.39. The second-order valence-electron chi connectivity index (χ2n) is 4.15. The van der Waals surface area contributed by atoms with Crippen LogP contribution < -0.4 is 5.73 Å². The molecule has 2 unspecified atom stereocenters. The average molecular weight is 288 g/mol. The summed E-state index contributed by atoms with van der Waals surface area (Å²) < 4.78 is 19.1. The standard InChI is InChI=1S/C12H15BrFNO/c13-10-6-8(3-4-11(10)14)12(15)7-9-2-1-5-16-9/h3-4,6,9,12H,1-2,5,7,15H2. The maximum atomic E-state index is 13.1. The number of nitrogens with two attached hydrogens (primary N) is 1. The average Bonchev–Trinajstić information content (AvgIpc) is 2.74. The zero-order valence-electron chi connectivity index (χ0n) is 8.96. The fraction of sp³-hybridized carbons (Fsp3) is 0.500. The van der Waals surface area contributed by atoms with Gasteiger partial charge in [0.25, 0.3) is 0 Å². The first kappa shape index (κ1) is 12.0. The number of hydrogen-bond donors (Lipinski definition) is 1. The SMILES string of the molecule is NC(CC1CCCO1)c1ccc(F)c(Br)c1. The number of halogens is 2. The molecule has 1 saturated heterocycles. The minimum atomic E-state index is -0.256. The van der Waals surface area contributed by atoms with Crippen molar-refractivity contribution in [1.82, 2.24) is 0 Å². The summed E-state index contributed by atoms with van der Waals surface area (Å²) in [5.74, 6) is -0.256. The van der Waals surface area contributed by atoms with Gasteiger partial charge in [0, 0.05) is 12.6 Å². The summed E-state index contributed by atoms with van der Waals surface area (Å²) in [6, 6.07) is 4.84. The van der Waals surface area contributed by atoms with Crippen molar-refractivity contribution < 1.29 is 9.13 Å². The van der Waals surface area contributed by atoms with Crippen molar-refractivity contribution in [2.75, 3.05) is 6.61 Å². The van der Waals surface area contributed by atoms with E-state index in [0.29, 0.717) is 4.47 Å². The molecule has 1 aliphatic rings. The Bertz CT molecular complexity index is 366. The quantitative estimate of drug-likeness (QED) is 0.927. The van der Waals surface area contributed by atoms with Gasteiger partial charge in [0.1, 0.15) is 5.82 Å². The second kappa shape index (κ2) is 5.25. The first-order valence-electron chi connectivity index (χ1n) is 5.49. The Morgan fingerprint density at radius 3 is 3.00 bits per heavy atom. The summed E-state index contributed by atoms with van der Waals surface area (Å²) in [5, 5.41) is 0. The molecule has 1 fully saturated rings. The molecule has 1 aromatic rings. The number of rotatable bonds is 3. The smallest absolute Gasteiger partial charge is 0.137 e. The highest BCUT2D eigenvalue weighted by molar-refractivity contribution is 9.10. The molecule has 0 bridgehead atoms. The van der Waals surface area contributed by atoms with Crippen LogP contribution in [0.4, 0.5) is 4.39 Å². The molecule has 0 aliphatic carbocycles. The van der Waals surface area contributed by atoms with E-state index in [1.165, 1.54) is 6.07 Å². The van der Waals surface area contributed by atoms with Crippen LogP contribution in [-0.4, -0.2) is 12.7 Å². The lowest BCUT2D eigenvalue weighted by molar-refractivity contribution is 0.0983. The molecule has 0 radical (unpaired) electrons. The largest absolute Gasteiger partial charge is 0.378 e. The van der Waals surface area contributed by atoms with E-state index in [1.54, 1.807) is 12.1 Å². The van der Waals surface area contributed by atoms with Crippen molar-refractivity contribution in [2.45, 2.75) is 31.4 Å². The van der Waals surface area contributed by atoms with Gasteiger partial charge >= 0.3 is 0 Å². The summed E-state index contributed by atoms with van der Waals surface area (Å²) >= 11 is 3.17. The van der Waals surface area contributed by atoms with Crippen LogP contribution in [0.15, 0.2) is 22.7 Å². The Hall–Kier alpha value is -0.450. The molecule has 0 saturated carbocycles. The second-order valence-corrected chi connectivity index (χ2v) is 5.01. The molecule has 2 atom stereocenters. The van der Waals surface area contributed by atoms with Crippen molar-refractivity contribution in [1.29, 1.82) is 0 Å². The summed E-state index contributed by atoms with van der Waals surface area (Å²) in [7, 11) is 0. The fourth-order valence-electron chi connectivity index (χ4n) is 1.99. The van der Waals surface area contributed by atoms with Crippen molar-refractivity contribution in [2.24, 2.45) is 5.73 Å². The topological polar surface area (TPSA) is 35.2 Å². The van der Waals surface area contributed by atoms with Crippen LogP contribution in [0.25, 0.3) is 0 Å². The van der Waals surface area contributed by atoms with E-state index < -0.39 is 0 Å². The Labute approximate surface area is 103 Å². The lowest BCUT2D eigenvalue weighted by Crippen LogP contribution is -2.18. The molecule has 1 heterocycles. The van der Waals surface area contributed by atoms with Gasteiger partial charge in [-0.1, -0.05) is 6.07 Å². The highest BCUT2D eigenvalue weighted by atomic mass is 79.9. The normalized spacial score (nSPS) is 22.3. The minimum absolute atomic E-state index is 0.0833.